The van der Waals surface area contributed by atoms with Crippen LogP contribution in [0.15, 0.2) is 46.9 Å². The predicted molar refractivity (Wildman–Crippen MR) is 143 cm³/mol. The molecular weight excluding hydrogens is 524 g/mol. The lowest BCUT2D eigenvalue weighted by atomic mass is 9.86. The summed E-state index contributed by atoms with van der Waals surface area (Å²) >= 11 is 7.67. The number of fused-ring (bicyclic) bond motifs is 1. The highest BCUT2D eigenvalue weighted by Crippen LogP contribution is 2.46. The van der Waals surface area contributed by atoms with Crippen molar-refractivity contribution in [2.75, 3.05) is 3.93 Å². The Balaban J connectivity index is 1.57. The second-order valence-electron chi connectivity index (χ2n) is 9.31. The zero-order chi connectivity index (χ0) is 21.9. The van der Waals surface area contributed by atoms with E-state index in [2.05, 4.69) is 95.3 Å². The van der Waals surface area contributed by atoms with Crippen LogP contribution < -0.4 is 3.93 Å². The van der Waals surface area contributed by atoms with Gasteiger partial charge in [0.15, 0.2) is 0 Å². The standard InChI is InChI=1S/C28H30Br2N2/c29-23-17-18-25-24(19-23)28(27(31-25)22-12-5-2-6-13-22)32(30)26-14-8-7-11-21(26)16-15-20-9-3-1-4-10-20/h7-8,11,14,17-20,22,31H,1-6,9-10,12-13H2. The quantitative estimate of drug-likeness (QED) is 0.253. The van der Waals surface area contributed by atoms with Crippen LogP contribution in [0.4, 0.5) is 11.4 Å². The Hall–Kier alpha value is -1.70. The third kappa shape index (κ3) is 4.66. The fraction of sp³-hybridized carbons (Fsp3) is 0.429. The monoisotopic (exact) mass is 552 g/mol. The number of aromatic nitrogens is 1. The van der Waals surface area contributed by atoms with Gasteiger partial charge in [-0.15, -0.1) is 0 Å². The van der Waals surface area contributed by atoms with Crippen LogP contribution in [0.1, 0.15) is 81.4 Å². The SMILES string of the molecule is Brc1ccc2[nH]c(C3CCCCC3)c(N(Br)c3ccccc3C#CC3CCCCC3)c2c1. The fourth-order valence-electron chi connectivity index (χ4n) is 5.37. The summed E-state index contributed by atoms with van der Waals surface area (Å²) in [5.41, 5.74) is 5.99. The maximum Gasteiger partial charge on any atom is 0.0815 e. The lowest BCUT2D eigenvalue weighted by Gasteiger charge is -2.26. The van der Waals surface area contributed by atoms with E-state index in [1.165, 1.54) is 86.5 Å². The summed E-state index contributed by atoms with van der Waals surface area (Å²) in [5.74, 6) is 8.25. The molecule has 2 aliphatic rings. The Morgan fingerprint density at radius 3 is 2.38 bits per heavy atom. The number of para-hydroxylation sites is 1. The van der Waals surface area contributed by atoms with Crippen LogP contribution in [0, 0.1) is 17.8 Å². The smallest absolute Gasteiger partial charge is 0.0815 e. The van der Waals surface area contributed by atoms with Crippen LogP contribution in [0.25, 0.3) is 10.9 Å². The van der Waals surface area contributed by atoms with Gasteiger partial charge in [0, 0.05) is 38.5 Å². The lowest BCUT2D eigenvalue weighted by molar-refractivity contribution is 0.430. The molecule has 2 aromatic carbocycles. The molecule has 1 N–H and O–H groups in total. The Morgan fingerprint density at radius 2 is 1.59 bits per heavy atom. The Labute approximate surface area is 208 Å². The van der Waals surface area contributed by atoms with E-state index in [0.29, 0.717) is 11.8 Å². The number of nitrogens with one attached hydrogen (secondary N) is 1. The van der Waals surface area contributed by atoms with Crippen molar-refractivity contribution >= 4 is 54.4 Å². The van der Waals surface area contributed by atoms with Crippen molar-refractivity contribution in [3.05, 3.63) is 58.2 Å². The van der Waals surface area contributed by atoms with Gasteiger partial charge in [-0.25, -0.2) is 0 Å². The minimum absolute atomic E-state index is 0.544. The summed E-state index contributed by atoms with van der Waals surface area (Å²) in [7, 11) is 0. The van der Waals surface area contributed by atoms with Gasteiger partial charge in [0.25, 0.3) is 0 Å². The van der Waals surface area contributed by atoms with Gasteiger partial charge in [-0.1, -0.05) is 78.4 Å². The van der Waals surface area contributed by atoms with Gasteiger partial charge in [0.1, 0.15) is 0 Å². The van der Waals surface area contributed by atoms with E-state index >= 15 is 0 Å². The second kappa shape index (κ2) is 10.1. The van der Waals surface area contributed by atoms with E-state index in [0.717, 1.165) is 15.7 Å². The van der Waals surface area contributed by atoms with E-state index < -0.39 is 0 Å². The highest BCUT2D eigenvalue weighted by Gasteiger charge is 2.26. The number of aromatic amines is 1. The molecule has 0 radical (unpaired) electrons. The van der Waals surface area contributed by atoms with Crippen LogP contribution in [-0.4, -0.2) is 4.98 Å². The summed E-state index contributed by atoms with van der Waals surface area (Å²) in [6.45, 7) is 0. The predicted octanol–water partition coefficient (Wildman–Crippen LogP) is 9.36. The maximum absolute atomic E-state index is 3.98. The average molecular weight is 554 g/mol. The molecule has 166 valence electrons. The number of anilines is 2. The molecule has 5 rings (SSSR count). The van der Waals surface area contributed by atoms with E-state index in [1.807, 2.05) is 0 Å². The molecule has 0 bridgehead atoms. The molecule has 0 saturated heterocycles. The highest BCUT2D eigenvalue weighted by molar-refractivity contribution is 9.10. The van der Waals surface area contributed by atoms with Gasteiger partial charge >= 0.3 is 0 Å². The summed E-state index contributed by atoms with van der Waals surface area (Å²) in [6.07, 6.45) is 13.0. The third-order valence-corrected chi connectivity index (χ3v) is 8.33. The van der Waals surface area contributed by atoms with Gasteiger partial charge in [0.2, 0.25) is 0 Å². The Morgan fingerprint density at radius 1 is 0.875 bits per heavy atom. The molecule has 32 heavy (non-hydrogen) atoms. The van der Waals surface area contributed by atoms with E-state index in [9.17, 15) is 0 Å². The van der Waals surface area contributed by atoms with Crippen molar-refractivity contribution in [1.29, 1.82) is 0 Å². The van der Waals surface area contributed by atoms with Crippen LogP contribution in [0.2, 0.25) is 0 Å². The number of nitrogens with zero attached hydrogens (tertiary/aromatic N) is 1. The average Bonchev–Trinajstić information content (AvgIpc) is 3.22. The molecule has 2 aliphatic carbocycles. The van der Waals surface area contributed by atoms with E-state index in [-0.39, 0.29) is 0 Å². The minimum Gasteiger partial charge on any atom is -0.356 e. The molecule has 4 heteroatoms. The minimum atomic E-state index is 0.544. The first-order valence-corrected chi connectivity index (χ1v) is 13.6. The number of hydrogen-bond donors (Lipinski definition) is 1. The van der Waals surface area contributed by atoms with Crippen molar-refractivity contribution in [3.8, 4) is 11.8 Å². The van der Waals surface area contributed by atoms with Crippen LogP contribution in [0.5, 0.6) is 0 Å². The van der Waals surface area contributed by atoms with Crippen LogP contribution >= 0.6 is 32.1 Å². The highest BCUT2D eigenvalue weighted by atomic mass is 79.9. The van der Waals surface area contributed by atoms with Crippen molar-refractivity contribution in [1.82, 2.24) is 4.98 Å². The molecule has 1 aromatic heterocycles. The molecule has 2 nitrogen and oxygen atoms in total. The first-order valence-electron chi connectivity index (χ1n) is 12.1. The molecular formula is C28H30Br2N2. The molecule has 0 aliphatic heterocycles. The molecule has 3 aromatic rings. The van der Waals surface area contributed by atoms with Crippen molar-refractivity contribution in [3.63, 3.8) is 0 Å². The van der Waals surface area contributed by atoms with Gasteiger partial charge < -0.3 is 4.98 Å². The maximum atomic E-state index is 3.98. The summed E-state index contributed by atoms with van der Waals surface area (Å²) in [5, 5.41) is 1.24. The zero-order valence-corrected chi connectivity index (χ0v) is 21.6. The molecule has 0 amide bonds. The fourth-order valence-corrected chi connectivity index (χ4v) is 6.42. The first kappa shape index (κ1) is 22.1. The van der Waals surface area contributed by atoms with Gasteiger partial charge in [-0.3, -0.25) is 3.93 Å². The summed E-state index contributed by atoms with van der Waals surface area (Å²) < 4.78 is 3.30. The Bertz CT molecular complexity index is 1140. The van der Waals surface area contributed by atoms with Gasteiger partial charge in [-0.05, 0) is 56.0 Å². The molecule has 1 heterocycles. The summed E-state index contributed by atoms with van der Waals surface area (Å²) in [6, 6.07) is 15.1. The van der Waals surface area contributed by atoms with Crippen LogP contribution in [-0.2, 0) is 0 Å². The molecule has 2 fully saturated rings. The molecule has 0 spiro atoms. The van der Waals surface area contributed by atoms with E-state index in [1.54, 1.807) is 0 Å². The van der Waals surface area contributed by atoms with E-state index in [4.69, 9.17) is 0 Å². The van der Waals surface area contributed by atoms with Crippen molar-refractivity contribution < 1.29 is 0 Å². The number of halogens is 2. The number of benzene rings is 2. The number of H-pyrrole nitrogens is 1. The molecule has 0 unspecified atom stereocenters. The first-order chi connectivity index (χ1) is 15.7. The summed E-state index contributed by atoms with van der Waals surface area (Å²) in [4.78, 5) is 3.79. The second-order valence-corrected chi connectivity index (χ2v) is 10.9. The zero-order valence-electron chi connectivity index (χ0n) is 18.5. The number of hydrogen-bond acceptors (Lipinski definition) is 1. The van der Waals surface area contributed by atoms with Gasteiger partial charge in [0.05, 0.1) is 27.5 Å². The largest absolute Gasteiger partial charge is 0.356 e. The topological polar surface area (TPSA) is 19.0 Å². The normalized spacial score (nSPS) is 17.8. The van der Waals surface area contributed by atoms with Crippen molar-refractivity contribution in [2.24, 2.45) is 5.92 Å². The molecule has 2 saturated carbocycles. The lowest BCUT2D eigenvalue weighted by Crippen LogP contribution is -2.11. The van der Waals surface area contributed by atoms with Crippen LogP contribution in [0.3, 0.4) is 0 Å². The molecule has 0 atom stereocenters. The van der Waals surface area contributed by atoms with Gasteiger partial charge in [-0.2, -0.15) is 0 Å². The Kier molecular flexibility index (Phi) is 6.95. The number of rotatable bonds is 3. The third-order valence-electron chi connectivity index (χ3n) is 7.10. The van der Waals surface area contributed by atoms with Crippen molar-refractivity contribution in [2.45, 2.75) is 70.1 Å².